The molecule has 1 aliphatic heterocycles. The predicted octanol–water partition coefficient (Wildman–Crippen LogP) is 2.46. The summed E-state index contributed by atoms with van der Waals surface area (Å²) in [7, 11) is 0. The molecule has 2 aromatic rings. The minimum atomic E-state index is -0.454. The first-order chi connectivity index (χ1) is 12.1. The van der Waals surface area contributed by atoms with Crippen LogP contribution in [0.4, 0.5) is 0 Å². The SMILES string of the molecule is CC1CN(CC(O)c2ccccc2)CCN1CC(O)c1ccccc1. The van der Waals surface area contributed by atoms with Crippen LogP contribution in [0.2, 0.25) is 0 Å². The number of hydrogen-bond donors (Lipinski definition) is 2. The number of rotatable bonds is 6. The summed E-state index contributed by atoms with van der Waals surface area (Å²) in [5, 5.41) is 20.9. The molecule has 0 amide bonds. The van der Waals surface area contributed by atoms with Gasteiger partial charge in [0.15, 0.2) is 0 Å². The zero-order chi connectivity index (χ0) is 17.6. The van der Waals surface area contributed by atoms with Crippen LogP contribution in [0.5, 0.6) is 0 Å². The highest BCUT2D eigenvalue weighted by Crippen LogP contribution is 2.20. The highest BCUT2D eigenvalue weighted by atomic mass is 16.3. The fourth-order valence-corrected chi connectivity index (χ4v) is 3.54. The average molecular weight is 340 g/mol. The molecule has 0 radical (unpaired) electrons. The maximum Gasteiger partial charge on any atom is 0.0917 e. The van der Waals surface area contributed by atoms with E-state index in [9.17, 15) is 10.2 Å². The molecule has 2 N–H and O–H groups in total. The molecule has 4 nitrogen and oxygen atoms in total. The Bertz CT molecular complexity index is 635. The summed E-state index contributed by atoms with van der Waals surface area (Å²) in [5.74, 6) is 0. The van der Waals surface area contributed by atoms with Crippen molar-refractivity contribution < 1.29 is 10.2 Å². The molecule has 1 heterocycles. The van der Waals surface area contributed by atoms with E-state index < -0.39 is 12.2 Å². The first-order valence-electron chi connectivity index (χ1n) is 9.06. The number of aliphatic hydroxyl groups is 2. The van der Waals surface area contributed by atoms with E-state index in [4.69, 9.17) is 0 Å². The Morgan fingerprint density at radius 2 is 1.36 bits per heavy atom. The van der Waals surface area contributed by atoms with Gasteiger partial charge >= 0.3 is 0 Å². The second-order valence-electron chi connectivity index (χ2n) is 6.96. The van der Waals surface area contributed by atoms with Crippen molar-refractivity contribution in [3.8, 4) is 0 Å². The van der Waals surface area contributed by atoms with Gasteiger partial charge in [-0.15, -0.1) is 0 Å². The standard InChI is InChI=1S/C21H28N2O2/c1-17-14-22(15-20(24)18-8-4-2-5-9-18)12-13-23(17)16-21(25)19-10-6-3-7-11-19/h2-11,17,20-21,24-25H,12-16H2,1H3. The minimum absolute atomic E-state index is 0.357. The lowest BCUT2D eigenvalue weighted by Crippen LogP contribution is -2.53. The fourth-order valence-electron chi connectivity index (χ4n) is 3.54. The van der Waals surface area contributed by atoms with Gasteiger partial charge < -0.3 is 10.2 Å². The van der Waals surface area contributed by atoms with Crippen LogP contribution < -0.4 is 0 Å². The quantitative estimate of drug-likeness (QED) is 0.848. The summed E-state index contributed by atoms with van der Waals surface area (Å²) in [6.07, 6.45) is -0.903. The molecule has 3 atom stereocenters. The van der Waals surface area contributed by atoms with Crippen LogP contribution in [0.1, 0.15) is 30.3 Å². The van der Waals surface area contributed by atoms with Crippen molar-refractivity contribution in [3.05, 3.63) is 71.8 Å². The van der Waals surface area contributed by atoms with Crippen molar-refractivity contribution in [2.45, 2.75) is 25.2 Å². The second kappa shape index (κ2) is 8.59. The molecule has 0 saturated carbocycles. The van der Waals surface area contributed by atoms with Gasteiger partial charge in [0.2, 0.25) is 0 Å². The molecular weight excluding hydrogens is 312 g/mol. The number of hydrogen-bond acceptors (Lipinski definition) is 4. The Morgan fingerprint density at radius 1 is 0.840 bits per heavy atom. The number of aliphatic hydroxyl groups excluding tert-OH is 2. The smallest absolute Gasteiger partial charge is 0.0917 e. The van der Waals surface area contributed by atoms with Gasteiger partial charge in [0.25, 0.3) is 0 Å². The van der Waals surface area contributed by atoms with Crippen LogP contribution >= 0.6 is 0 Å². The summed E-state index contributed by atoms with van der Waals surface area (Å²) in [6.45, 7) is 6.23. The van der Waals surface area contributed by atoms with Crippen LogP contribution in [0.15, 0.2) is 60.7 Å². The number of piperazine rings is 1. The van der Waals surface area contributed by atoms with Crippen molar-refractivity contribution in [2.75, 3.05) is 32.7 Å². The molecule has 0 aromatic heterocycles. The van der Waals surface area contributed by atoms with E-state index in [1.807, 2.05) is 60.7 Å². The fraction of sp³-hybridized carbons (Fsp3) is 0.429. The third-order valence-corrected chi connectivity index (χ3v) is 5.06. The molecular formula is C21H28N2O2. The third-order valence-electron chi connectivity index (χ3n) is 5.06. The molecule has 1 saturated heterocycles. The molecule has 3 rings (SSSR count). The van der Waals surface area contributed by atoms with E-state index in [0.717, 1.165) is 30.8 Å². The van der Waals surface area contributed by atoms with E-state index in [1.165, 1.54) is 0 Å². The minimum Gasteiger partial charge on any atom is -0.387 e. The predicted molar refractivity (Wildman–Crippen MR) is 100 cm³/mol. The Hall–Kier alpha value is -1.72. The molecule has 2 aromatic carbocycles. The Labute approximate surface area is 150 Å². The Balaban J connectivity index is 1.50. The van der Waals surface area contributed by atoms with Gasteiger partial charge in [0, 0.05) is 38.8 Å². The largest absolute Gasteiger partial charge is 0.387 e. The van der Waals surface area contributed by atoms with Gasteiger partial charge in [-0.1, -0.05) is 60.7 Å². The van der Waals surface area contributed by atoms with E-state index in [0.29, 0.717) is 19.1 Å². The molecule has 0 spiro atoms. The summed E-state index contributed by atoms with van der Waals surface area (Å²) >= 11 is 0. The first kappa shape index (κ1) is 18.1. The zero-order valence-electron chi connectivity index (χ0n) is 14.8. The Morgan fingerprint density at radius 3 is 1.88 bits per heavy atom. The normalized spacial score (nSPS) is 21.8. The van der Waals surface area contributed by atoms with Gasteiger partial charge in [-0.3, -0.25) is 9.80 Å². The van der Waals surface area contributed by atoms with Crippen molar-refractivity contribution in [3.63, 3.8) is 0 Å². The maximum absolute atomic E-state index is 10.5. The van der Waals surface area contributed by atoms with E-state index in [1.54, 1.807) is 0 Å². The molecule has 0 bridgehead atoms. The van der Waals surface area contributed by atoms with Gasteiger partial charge in [-0.2, -0.15) is 0 Å². The second-order valence-corrected chi connectivity index (χ2v) is 6.96. The molecule has 134 valence electrons. The van der Waals surface area contributed by atoms with Crippen molar-refractivity contribution >= 4 is 0 Å². The lowest BCUT2D eigenvalue weighted by atomic mass is 10.1. The summed E-state index contributed by atoms with van der Waals surface area (Å²) in [4.78, 5) is 4.65. The topological polar surface area (TPSA) is 46.9 Å². The Kier molecular flexibility index (Phi) is 6.21. The van der Waals surface area contributed by atoms with Gasteiger partial charge in [0.1, 0.15) is 0 Å². The van der Waals surface area contributed by atoms with Gasteiger partial charge in [0.05, 0.1) is 12.2 Å². The first-order valence-corrected chi connectivity index (χ1v) is 9.06. The van der Waals surface area contributed by atoms with Crippen LogP contribution in [0, 0.1) is 0 Å². The monoisotopic (exact) mass is 340 g/mol. The lowest BCUT2D eigenvalue weighted by molar-refractivity contribution is 0.0199. The van der Waals surface area contributed by atoms with E-state index in [2.05, 4.69) is 16.7 Å². The molecule has 25 heavy (non-hydrogen) atoms. The number of β-amino-alcohol motifs (C(OH)–C–C–N with tert-alkyl or cyclic N) is 2. The average Bonchev–Trinajstić information content (AvgIpc) is 2.65. The molecule has 3 unspecified atom stereocenters. The maximum atomic E-state index is 10.5. The van der Waals surface area contributed by atoms with Crippen LogP contribution in [-0.4, -0.2) is 58.8 Å². The van der Waals surface area contributed by atoms with Gasteiger partial charge in [-0.05, 0) is 18.1 Å². The van der Waals surface area contributed by atoms with E-state index >= 15 is 0 Å². The van der Waals surface area contributed by atoms with Crippen molar-refractivity contribution in [1.82, 2.24) is 9.80 Å². The van der Waals surface area contributed by atoms with Crippen molar-refractivity contribution in [2.24, 2.45) is 0 Å². The van der Waals surface area contributed by atoms with Crippen LogP contribution in [-0.2, 0) is 0 Å². The summed E-state index contributed by atoms with van der Waals surface area (Å²) in [6, 6.07) is 20.0. The van der Waals surface area contributed by atoms with Crippen molar-refractivity contribution in [1.29, 1.82) is 0 Å². The van der Waals surface area contributed by atoms with Gasteiger partial charge in [-0.25, -0.2) is 0 Å². The number of nitrogens with zero attached hydrogens (tertiary/aromatic N) is 2. The summed E-state index contributed by atoms with van der Waals surface area (Å²) < 4.78 is 0. The lowest BCUT2D eigenvalue weighted by Gasteiger charge is -2.41. The number of benzene rings is 2. The highest BCUT2D eigenvalue weighted by Gasteiger charge is 2.26. The molecule has 0 aliphatic carbocycles. The molecule has 1 aliphatic rings. The third kappa shape index (κ3) is 4.89. The molecule has 4 heteroatoms. The summed E-state index contributed by atoms with van der Waals surface area (Å²) in [5.41, 5.74) is 1.94. The molecule has 1 fully saturated rings. The van der Waals surface area contributed by atoms with Crippen LogP contribution in [0.25, 0.3) is 0 Å². The van der Waals surface area contributed by atoms with E-state index in [-0.39, 0.29) is 0 Å². The van der Waals surface area contributed by atoms with Crippen LogP contribution in [0.3, 0.4) is 0 Å². The highest BCUT2D eigenvalue weighted by molar-refractivity contribution is 5.18. The zero-order valence-corrected chi connectivity index (χ0v) is 14.8.